The summed E-state index contributed by atoms with van der Waals surface area (Å²) in [5.74, 6) is 1.00. The summed E-state index contributed by atoms with van der Waals surface area (Å²) in [6.45, 7) is 9.95. The molecule has 0 fully saturated rings. The second-order valence-electron chi connectivity index (χ2n) is 5.81. The van der Waals surface area contributed by atoms with Crippen molar-refractivity contribution in [3.63, 3.8) is 0 Å². The first-order valence-corrected chi connectivity index (χ1v) is 8.74. The van der Waals surface area contributed by atoms with Crippen LogP contribution in [0.1, 0.15) is 65.4 Å². The van der Waals surface area contributed by atoms with Crippen LogP contribution in [0.25, 0.3) is 0 Å². The SMILES string of the molecule is CCCNC(CCC)C(CC)Oc1ccc(CCC)cc1. The molecule has 0 amide bonds. The van der Waals surface area contributed by atoms with E-state index in [1.54, 1.807) is 0 Å². The fourth-order valence-corrected chi connectivity index (χ4v) is 2.71. The number of rotatable bonds is 11. The second-order valence-corrected chi connectivity index (χ2v) is 5.81. The van der Waals surface area contributed by atoms with Gasteiger partial charge in [-0.2, -0.15) is 0 Å². The van der Waals surface area contributed by atoms with E-state index in [9.17, 15) is 0 Å². The lowest BCUT2D eigenvalue weighted by molar-refractivity contribution is 0.142. The third-order valence-electron chi connectivity index (χ3n) is 3.86. The highest BCUT2D eigenvalue weighted by molar-refractivity contribution is 5.27. The van der Waals surface area contributed by atoms with E-state index in [0.717, 1.165) is 25.1 Å². The molecule has 1 aromatic rings. The fraction of sp³-hybridized carbons (Fsp3) is 0.684. The van der Waals surface area contributed by atoms with Crippen LogP contribution in [-0.2, 0) is 6.42 Å². The van der Waals surface area contributed by atoms with Crippen molar-refractivity contribution in [2.24, 2.45) is 0 Å². The van der Waals surface area contributed by atoms with Gasteiger partial charge < -0.3 is 10.1 Å². The maximum absolute atomic E-state index is 6.25. The molecule has 0 aliphatic heterocycles. The third-order valence-corrected chi connectivity index (χ3v) is 3.86. The van der Waals surface area contributed by atoms with Crippen LogP contribution < -0.4 is 10.1 Å². The fourth-order valence-electron chi connectivity index (χ4n) is 2.71. The minimum atomic E-state index is 0.258. The molecule has 2 nitrogen and oxygen atoms in total. The Morgan fingerprint density at radius 2 is 1.67 bits per heavy atom. The van der Waals surface area contributed by atoms with E-state index in [0.29, 0.717) is 6.04 Å². The quantitative estimate of drug-likeness (QED) is 0.622. The van der Waals surface area contributed by atoms with Crippen LogP contribution in [-0.4, -0.2) is 18.7 Å². The Labute approximate surface area is 131 Å². The minimum Gasteiger partial charge on any atom is -0.489 e. The van der Waals surface area contributed by atoms with Crippen molar-refractivity contribution in [3.05, 3.63) is 29.8 Å². The van der Waals surface area contributed by atoms with Gasteiger partial charge in [-0.25, -0.2) is 0 Å². The van der Waals surface area contributed by atoms with Gasteiger partial charge in [0.15, 0.2) is 0 Å². The predicted octanol–water partition coefficient (Wildman–Crippen LogP) is 4.96. The van der Waals surface area contributed by atoms with Gasteiger partial charge in [0.05, 0.1) is 0 Å². The van der Waals surface area contributed by atoms with Crippen molar-refractivity contribution < 1.29 is 4.74 Å². The molecule has 0 aliphatic carbocycles. The van der Waals surface area contributed by atoms with E-state index in [-0.39, 0.29) is 6.10 Å². The number of nitrogens with one attached hydrogen (secondary N) is 1. The highest BCUT2D eigenvalue weighted by atomic mass is 16.5. The van der Waals surface area contributed by atoms with Crippen LogP contribution >= 0.6 is 0 Å². The predicted molar refractivity (Wildman–Crippen MR) is 92.1 cm³/mol. The molecule has 21 heavy (non-hydrogen) atoms. The maximum atomic E-state index is 6.25. The average Bonchev–Trinajstić information content (AvgIpc) is 2.51. The number of benzene rings is 1. The summed E-state index contributed by atoms with van der Waals surface area (Å²) < 4.78 is 6.25. The Bertz CT molecular complexity index is 360. The molecule has 1 rings (SSSR count). The monoisotopic (exact) mass is 291 g/mol. The zero-order chi connectivity index (χ0) is 15.5. The van der Waals surface area contributed by atoms with Crippen LogP contribution in [0, 0.1) is 0 Å². The first-order chi connectivity index (χ1) is 10.2. The van der Waals surface area contributed by atoms with Gasteiger partial charge in [-0.15, -0.1) is 0 Å². The van der Waals surface area contributed by atoms with E-state index in [1.807, 2.05) is 0 Å². The number of ether oxygens (including phenoxy) is 1. The van der Waals surface area contributed by atoms with Gasteiger partial charge >= 0.3 is 0 Å². The first-order valence-electron chi connectivity index (χ1n) is 8.74. The van der Waals surface area contributed by atoms with Gasteiger partial charge in [0.1, 0.15) is 11.9 Å². The molecule has 2 atom stereocenters. The number of hydrogen-bond acceptors (Lipinski definition) is 2. The van der Waals surface area contributed by atoms with E-state index >= 15 is 0 Å². The Morgan fingerprint density at radius 1 is 0.952 bits per heavy atom. The summed E-state index contributed by atoms with van der Waals surface area (Å²) in [4.78, 5) is 0. The van der Waals surface area contributed by atoms with Crippen molar-refractivity contribution in [2.75, 3.05) is 6.54 Å². The molecule has 0 saturated carbocycles. The van der Waals surface area contributed by atoms with Gasteiger partial charge in [-0.05, 0) is 49.9 Å². The molecule has 0 heterocycles. The molecule has 0 spiro atoms. The van der Waals surface area contributed by atoms with Gasteiger partial charge in [0.25, 0.3) is 0 Å². The molecule has 0 bridgehead atoms. The van der Waals surface area contributed by atoms with E-state index in [2.05, 4.69) is 57.3 Å². The van der Waals surface area contributed by atoms with Crippen LogP contribution in [0.15, 0.2) is 24.3 Å². The molecule has 0 aliphatic rings. The third kappa shape index (κ3) is 6.52. The molecule has 0 radical (unpaired) electrons. The Hall–Kier alpha value is -1.02. The highest BCUT2D eigenvalue weighted by Gasteiger charge is 2.20. The molecule has 0 aromatic heterocycles. The smallest absolute Gasteiger partial charge is 0.119 e. The summed E-state index contributed by atoms with van der Waals surface area (Å²) in [5, 5.41) is 3.65. The Morgan fingerprint density at radius 3 is 2.19 bits per heavy atom. The Kier molecular flexibility index (Phi) is 9.16. The molecule has 120 valence electrons. The zero-order valence-electron chi connectivity index (χ0n) is 14.3. The summed E-state index contributed by atoms with van der Waals surface area (Å²) >= 11 is 0. The van der Waals surface area contributed by atoms with Gasteiger partial charge in [-0.1, -0.05) is 52.7 Å². The molecule has 1 aromatic carbocycles. The van der Waals surface area contributed by atoms with E-state index < -0.39 is 0 Å². The molecular formula is C19H33NO. The van der Waals surface area contributed by atoms with Crippen molar-refractivity contribution in [3.8, 4) is 5.75 Å². The minimum absolute atomic E-state index is 0.258. The van der Waals surface area contributed by atoms with Gasteiger partial charge in [-0.3, -0.25) is 0 Å². The summed E-state index contributed by atoms with van der Waals surface area (Å²) in [7, 11) is 0. The van der Waals surface area contributed by atoms with Crippen LogP contribution in [0.5, 0.6) is 5.75 Å². The lowest BCUT2D eigenvalue weighted by atomic mass is 10.0. The van der Waals surface area contributed by atoms with Crippen molar-refractivity contribution in [1.82, 2.24) is 5.32 Å². The topological polar surface area (TPSA) is 21.3 Å². The summed E-state index contributed by atoms with van der Waals surface area (Å²) in [6, 6.07) is 9.09. The lowest BCUT2D eigenvalue weighted by Gasteiger charge is -2.28. The van der Waals surface area contributed by atoms with Crippen molar-refractivity contribution in [1.29, 1.82) is 0 Å². The van der Waals surface area contributed by atoms with Gasteiger partial charge in [0.2, 0.25) is 0 Å². The number of aryl methyl sites for hydroxylation is 1. The largest absolute Gasteiger partial charge is 0.489 e. The van der Waals surface area contributed by atoms with Gasteiger partial charge in [0, 0.05) is 6.04 Å². The van der Waals surface area contributed by atoms with E-state index in [4.69, 9.17) is 4.74 Å². The molecule has 2 unspecified atom stereocenters. The van der Waals surface area contributed by atoms with Crippen LogP contribution in [0.2, 0.25) is 0 Å². The van der Waals surface area contributed by atoms with Crippen LogP contribution in [0.3, 0.4) is 0 Å². The van der Waals surface area contributed by atoms with E-state index in [1.165, 1.54) is 31.2 Å². The van der Waals surface area contributed by atoms with Crippen molar-refractivity contribution in [2.45, 2.75) is 78.4 Å². The standard InChI is InChI=1S/C19H33NO/c1-5-9-16-11-13-17(14-12-16)21-19(8-4)18(10-6-2)20-15-7-3/h11-14,18-20H,5-10,15H2,1-4H3. The molecular weight excluding hydrogens is 258 g/mol. The lowest BCUT2D eigenvalue weighted by Crippen LogP contribution is -2.43. The summed E-state index contributed by atoms with van der Waals surface area (Å²) in [6.07, 6.45) is 7.17. The molecule has 2 heteroatoms. The first kappa shape index (κ1) is 18.0. The molecule has 0 saturated heterocycles. The second kappa shape index (κ2) is 10.7. The molecule has 1 N–H and O–H groups in total. The average molecular weight is 291 g/mol. The Balaban J connectivity index is 2.64. The van der Waals surface area contributed by atoms with Crippen molar-refractivity contribution >= 4 is 0 Å². The normalized spacial score (nSPS) is 13.9. The zero-order valence-corrected chi connectivity index (χ0v) is 14.3. The highest BCUT2D eigenvalue weighted by Crippen LogP contribution is 2.19. The summed E-state index contributed by atoms with van der Waals surface area (Å²) in [5.41, 5.74) is 1.40. The maximum Gasteiger partial charge on any atom is 0.119 e. The van der Waals surface area contributed by atoms with Crippen LogP contribution in [0.4, 0.5) is 0 Å². The number of hydrogen-bond donors (Lipinski definition) is 1.